The number of para-hydroxylation sites is 2. The van der Waals surface area contributed by atoms with E-state index in [0.29, 0.717) is 0 Å². The van der Waals surface area contributed by atoms with Gasteiger partial charge in [-0.1, -0.05) is 24.3 Å². The number of hydrogen-bond donors (Lipinski definition) is 0. The minimum absolute atomic E-state index is 0.204. The molecule has 228 valence electrons. The normalized spacial score (nSPS) is 16.8. The Bertz CT molecular complexity index is 1350. The zero-order chi connectivity index (χ0) is 31.6. The maximum absolute atomic E-state index is 15.3. The van der Waals surface area contributed by atoms with Crippen LogP contribution < -0.4 is 4.57 Å². The SMILES string of the molecule is FC(F)C(F)C(F)C(F)(F)C(F)(F)C(F)(F)C(F)(F)C(F)(F)C(F)(F)C(F)[n+]1c2ccccc2cc2ccccc21. The minimum atomic E-state index is -8.42. The average Bonchev–Trinajstić information content (AvgIpc) is 2.89. The molecule has 0 aliphatic heterocycles. The first-order valence-electron chi connectivity index (χ1n) is 10.8. The maximum atomic E-state index is 15.3. The molecule has 2 aromatic carbocycles. The van der Waals surface area contributed by atoms with Gasteiger partial charge >= 0.3 is 41.8 Å². The van der Waals surface area contributed by atoms with E-state index in [2.05, 4.69) is 0 Å². The number of hydrogen-bond acceptors (Lipinski definition) is 0. The van der Waals surface area contributed by atoms with Crippen LogP contribution in [-0.4, -0.2) is 54.3 Å². The predicted molar refractivity (Wildman–Crippen MR) is 107 cm³/mol. The van der Waals surface area contributed by atoms with Crippen molar-refractivity contribution < 1.29 is 79.2 Å². The topological polar surface area (TPSA) is 3.88 Å². The lowest BCUT2D eigenvalue weighted by molar-refractivity contribution is -0.730. The second-order valence-electron chi connectivity index (χ2n) is 8.69. The van der Waals surface area contributed by atoms with E-state index in [4.69, 9.17) is 0 Å². The summed E-state index contributed by atoms with van der Waals surface area (Å²) in [7, 11) is 0. The zero-order valence-corrected chi connectivity index (χ0v) is 19.4. The van der Waals surface area contributed by atoms with E-state index in [1.54, 1.807) is 0 Å². The van der Waals surface area contributed by atoms with Gasteiger partial charge in [-0.05, 0) is 18.2 Å². The molecule has 0 saturated carbocycles. The van der Waals surface area contributed by atoms with E-state index in [1.165, 1.54) is 18.2 Å². The van der Waals surface area contributed by atoms with Crippen LogP contribution >= 0.6 is 0 Å². The van der Waals surface area contributed by atoms with Crippen molar-refractivity contribution in [2.24, 2.45) is 0 Å². The fraction of sp³-hybridized carbons (Fsp3) is 0.435. The second kappa shape index (κ2) is 10.0. The van der Waals surface area contributed by atoms with Crippen LogP contribution in [-0.2, 0) is 0 Å². The smallest absolute Gasteiger partial charge is 0.238 e. The van der Waals surface area contributed by atoms with Crippen molar-refractivity contribution in [3.8, 4) is 0 Å². The van der Waals surface area contributed by atoms with Gasteiger partial charge in [-0.2, -0.15) is 61.6 Å². The molecule has 1 heterocycles. The third-order valence-electron chi connectivity index (χ3n) is 6.12. The van der Waals surface area contributed by atoms with Gasteiger partial charge in [0.15, 0.2) is 6.17 Å². The lowest BCUT2D eigenvalue weighted by Gasteiger charge is -2.41. The first-order chi connectivity index (χ1) is 18.5. The molecule has 3 aromatic rings. The molecule has 3 rings (SSSR count). The first-order valence-corrected chi connectivity index (χ1v) is 10.8. The molecule has 0 bridgehead atoms. The van der Waals surface area contributed by atoms with Crippen molar-refractivity contribution in [1.29, 1.82) is 0 Å². The van der Waals surface area contributed by atoms with Crippen molar-refractivity contribution in [2.45, 2.75) is 60.6 Å². The molecule has 18 heteroatoms. The Morgan fingerprint density at radius 1 is 0.488 bits per heavy atom. The van der Waals surface area contributed by atoms with Gasteiger partial charge in [0.05, 0.1) is 0 Å². The minimum Gasteiger partial charge on any atom is -0.238 e. The number of halogens is 17. The van der Waals surface area contributed by atoms with Gasteiger partial charge in [-0.25, -0.2) is 17.6 Å². The molecule has 0 spiro atoms. The van der Waals surface area contributed by atoms with Crippen molar-refractivity contribution in [1.82, 2.24) is 0 Å². The van der Waals surface area contributed by atoms with Crippen LogP contribution in [0.3, 0.4) is 0 Å². The lowest BCUT2D eigenvalue weighted by atomic mass is 9.88. The van der Waals surface area contributed by atoms with Crippen LogP contribution in [0.15, 0.2) is 54.6 Å². The van der Waals surface area contributed by atoms with Crippen LogP contribution in [0, 0.1) is 0 Å². The number of aromatic nitrogens is 1. The molecule has 0 amide bonds. The molecule has 0 N–H and O–H groups in total. The van der Waals surface area contributed by atoms with E-state index >= 15 is 4.39 Å². The van der Waals surface area contributed by atoms with Crippen LogP contribution in [0.2, 0.25) is 0 Å². The van der Waals surface area contributed by atoms with E-state index in [0.717, 1.165) is 36.4 Å². The van der Waals surface area contributed by atoms with Gasteiger partial charge in [0.1, 0.15) is 0 Å². The van der Waals surface area contributed by atoms with Gasteiger partial charge in [0.25, 0.3) is 6.43 Å². The lowest BCUT2D eigenvalue weighted by Crippen LogP contribution is -2.73. The fourth-order valence-electron chi connectivity index (χ4n) is 3.83. The fourth-order valence-corrected chi connectivity index (χ4v) is 3.83. The molecule has 0 saturated heterocycles. The number of alkyl halides is 17. The molecular weight excluding hydrogens is 613 g/mol. The molecule has 1 aromatic heterocycles. The first kappa shape index (κ1) is 32.4. The van der Waals surface area contributed by atoms with Gasteiger partial charge in [-0.3, -0.25) is 0 Å². The number of pyridine rings is 1. The maximum Gasteiger partial charge on any atom is 0.407 e. The van der Waals surface area contributed by atoms with Crippen molar-refractivity contribution >= 4 is 21.8 Å². The van der Waals surface area contributed by atoms with Gasteiger partial charge in [0, 0.05) is 22.9 Å². The summed E-state index contributed by atoms with van der Waals surface area (Å²) in [5, 5.41) is -0.407. The number of nitrogens with zero attached hydrogens (tertiary/aromatic N) is 1. The molecule has 0 aliphatic carbocycles. The van der Waals surface area contributed by atoms with Gasteiger partial charge in [-0.15, -0.1) is 0 Å². The molecule has 0 aliphatic rings. The summed E-state index contributed by atoms with van der Waals surface area (Å²) < 4.78 is 236. The molecule has 0 radical (unpaired) electrons. The van der Waals surface area contributed by atoms with Crippen molar-refractivity contribution in [3.05, 3.63) is 54.6 Å². The Hall–Kier alpha value is -3.08. The Morgan fingerprint density at radius 2 is 0.854 bits per heavy atom. The highest BCUT2D eigenvalue weighted by Gasteiger charge is 2.93. The quantitative estimate of drug-likeness (QED) is 0.121. The highest BCUT2D eigenvalue weighted by atomic mass is 19.4. The Kier molecular flexibility index (Phi) is 7.93. The molecule has 0 fully saturated rings. The van der Waals surface area contributed by atoms with Crippen molar-refractivity contribution in [2.75, 3.05) is 0 Å². The van der Waals surface area contributed by atoms with Gasteiger partial charge < -0.3 is 0 Å². The van der Waals surface area contributed by atoms with E-state index in [-0.39, 0.29) is 15.3 Å². The Labute approximate surface area is 217 Å². The monoisotopic (exact) mass is 626 g/mol. The molecule has 1 nitrogen and oxygen atoms in total. The van der Waals surface area contributed by atoms with Crippen LogP contribution in [0.4, 0.5) is 74.6 Å². The predicted octanol–water partition coefficient (Wildman–Crippen LogP) is 8.50. The van der Waals surface area contributed by atoms with E-state index in [1.807, 2.05) is 0 Å². The molecule has 41 heavy (non-hydrogen) atoms. The molecular formula is C23H13F17N+. The Balaban J connectivity index is 2.19. The zero-order valence-electron chi connectivity index (χ0n) is 19.4. The summed E-state index contributed by atoms with van der Waals surface area (Å²) in [5.74, 6) is -47.7. The summed E-state index contributed by atoms with van der Waals surface area (Å²) >= 11 is 0. The van der Waals surface area contributed by atoms with E-state index in [9.17, 15) is 70.2 Å². The number of benzene rings is 2. The Morgan fingerprint density at radius 3 is 1.24 bits per heavy atom. The van der Waals surface area contributed by atoms with Gasteiger partial charge in [0.2, 0.25) is 17.2 Å². The summed E-state index contributed by atoms with van der Waals surface area (Å²) in [4.78, 5) is 0. The van der Waals surface area contributed by atoms with E-state index < -0.39 is 71.6 Å². The molecule has 3 unspecified atom stereocenters. The highest BCUT2D eigenvalue weighted by molar-refractivity contribution is 5.88. The average molecular weight is 626 g/mol. The van der Waals surface area contributed by atoms with Crippen LogP contribution in [0.25, 0.3) is 21.8 Å². The highest BCUT2D eigenvalue weighted by Crippen LogP contribution is 2.62. The third kappa shape index (κ3) is 4.51. The van der Waals surface area contributed by atoms with Crippen LogP contribution in [0.5, 0.6) is 0 Å². The summed E-state index contributed by atoms with van der Waals surface area (Å²) in [5.41, 5.74) is -1.47. The number of rotatable bonds is 10. The summed E-state index contributed by atoms with van der Waals surface area (Å²) in [6, 6.07) is 9.46. The molecule has 3 atom stereocenters. The number of fused-ring (bicyclic) bond motifs is 2. The standard InChI is InChI=1S/C23H13F17N/c24-14(16(26)27)15(25)18(29,30)20(33,34)22(37,38)23(39,40)21(35,36)19(31,32)17(28)41-12-7-3-1-5-10(12)9-11-6-2-4-8-13(11)41/h1-9,14-17H/q+1. The summed E-state index contributed by atoms with van der Waals surface area (Å²) in [6.07, 6.45) is -20.5. The van der Waals surface area contributed by atoms with Crippen molar-refractivity contribution in [3.63, 3.8) is 0 Å². The summed E-state index contributed by atoms with van der Waals surface area (Å²) in [6.45, 7) is 0. The van der Waals surface area contributed by atoms with Crippen LogP contribution in [0.1, 0.15) is 6.30 Å². The third-order valence-corrected chi connectivity index (χ3v) is 6.12. The second-order valence-corrected chi connectivity index (χ2v) is 8.69. The largest absolute Gasteiger partial charge is 0.407 e.